The van der Waals surface area contributed by atoms with E-state index in [-0.39, 0.29) is 0 Å². The van der Waals surface area contributed by atoms with Gasteiger partial charge in [-0.25, -0.2) is 0 Å². The van der Waals surface area contributed by atoms with Gasteiger partial charge in [-0.3, -0.25) is 0 Å². The Hall–Kier alpha value is 0.290. The Labute approximate surface area is 115 Å². The van der Waals surface area contributed by atoms with Crippen LogP contribution in [0.25, 0.3) is 0 Å². The molecule has 0 nitrogen and oxygen atoms in total. The first kappa shape index (κ1) is 17.3. The SMILES string of the molecule is CCCCCCCCCCC(C(C)C)C(C)Cl. The van der Waals surface area contributed by atoms with Gasteiger partial charge in [0.1, 0.15) is 0 Å². The van der Waals surface area contributed by atoms with E-state index in [1.54, 1.807) is 0 Å². The van der Waals surface area contributed by atoms with E-state index in [4.69, 9.17) is 11.6 Å². The molecule has 104 valence electrons. The highest BCUT2D eigenvalue weighted by molar-refractivity contribution is 6.20. The van der Waals surface area contributed by atoms with Crippen molar-refractivity contribution >= 4 is 11.6 Å². The van der Waals surface area contributed by atoms with Crippen molar-refractivity contribution < 1.29 is 0 Å². The third kappa shape index (κ3) is 9.94. The van der Waals surface area contributed by atoms with Gasteiger partial charge in [0.25, 0.3) is 0 Å². The molecule has 0 saturated heterocycles. The minimum absolute atomic E-state index is 0.333. The first-order valence-electron chi connectivity index (χ1n) is 7.73. The molecule has 0 saturated carbocycles. The lowest BCUT2D eigenvalue weighted by Gasteiger charge is -2.23. The lowest BCUT2D eigenvalue weighted by Crippen LogP contribution is -2.17. The predicted octanol–water partition coefficient (Wildman–Crippen LogP) is 6.42. The molecule has 0 aliphatic rings. The number of unbranched alkanes of at least 4 members (excludes halogenated alkanes) is 7. The molecule has 0 N–H and O–H groups in total. The Morgan fingerprint density at radius 2 is 1.24 bits per heavy atom. The fourth-order valence-electron chi connectivity index (χ4n) is 2.61. The van der Waals surface area contributed by atoms with E-state index in [0.29, 0.717) is 11.3 Å². The molecule has 17 heavy (non-hydrogen) atoms. The van der Waals surface area contributed by atoms with Crippen molar-refractivity contribution in [2.24, 2.45) is 11.8 Å². The maximum Gasteiger partial charge on any atom is 0.0338 e. The highest BCUT2D eigenvalue weighted by atomic mass is 35.5. The fourth-order valence-corrected chi connectivity index (χ4v) is 3.02. The van der Waals surface area contributed by atoms with Crippen LogP contribution in [0.5, 0.6) is 0 Å². The van der Waals surface area contributed by atoms with Gasteiger partial charge in [0.2, 0.25) is 0 Å². The smallest absolute Gasteiger partial charge is 0.0338 e. The molecule has 2 unspecified atom stereocenters. The van der Waals surface area contributed by atoms with Gasteiger partial charge in [0.15, 0.2) is 0 Å². The topological polar surface area (TPSA) is 0 Å². The average molecular weight is 261 g/mol. The standard InChI is InChI=1S/C16H33Cl/c1-5-6-7-8-9-10-11-12-13-16(14(2)3)15(4)17/h14-16H,5-13H2,1-4H3. The van der Waals surface area contributed by atoms with Crippen LogP contribution in [0.3, 0.4) is 0 Å². The van der Waals surface area contributed by atoms with Crippen molar-refractivity contribution in [2.75, 3.05) is 0 Å². The average Bonchev–Trinajstić information content (AvgIpc) is 2.26. The summed E-state index contributed by atoms with van der Waals surface area (Å²) in [5, 5.41) is 0.333. The number of hydrogen-bond acceptors (Lipinski definition) is 0. The van der Waals surface area contributed by atoms with Gasteiger partial charge in [0.05, 0.1) is 0 Å². The van der Waals surface area contributed by atoms with E-state index in [1.165, 1.54) is 57.8 Å². The molecule has 0 aromatic rings. The van der Waals surface area contributed by atoms with E-state index in [1.807, 2.05) is 0 Å². The van der Waals surface area contributed by atoms with Gasteiger partial charge < -0.3 is 0 Å². The molecular weight excluding hydrogens is 228 g/mol. The van der Waals surface area contributed by atoms with Crippen LogP contribution < -0.4 is 0 Å². The summed E-state index contributed by atoms with van der Waals surface area (Å²) in [7, 11) is 0. The Bertz CT molecular complexity index is 144. The van der Waals surface area contributed by atoms with Crippen LogP contribution in [0.15, 0.2) is 0 Å². The Kier molecular flexibility index (Phi) is 11.6. The van der Waals surface area contributed by atoms with Crippen LogP contribution in [0.1, 0.15) is 85.5 Å². The normalized spacial score (nSPS) is 15.2. The number of hydrogen-bond donors (Lipinski definition) is 0. The zero-order chi connectivity index (χ0) is 13.1. The Morgan fingerprint density at radius 3 is 1.65 bits per heavy atom. The first-order chi connectivity index (χ1) is 8.09. The van der Waals surface area contributed by atoms with Crippen molar-refractivity contribution in [1.82, 2.24) is 0 Å². The van der Waals surface area contributed by atoms with Crippen LogP contribution in [0, 0.1) is 11.8 Å². The van der Waals surface area contributed by atoms with Crippen LogP contribution in [0.4, 0.5) is 0 Å². The molecule has 0 heterocycles. The molecule has 0 spiro atoms. The molecule has 1 heteroatoms. The zero-order valence-electron chi connectivity index (χ0n) is 12.5. The fraction of sp³-hybridized carbons (Fsp3) is 1.00. The Morgan fingerprint density at radius 1 is 0.765 bits per heavy atom. The highest BCUT2D eigenvalue weighted by Gasteiger charge is 2.17. The van der Waals surface area contributed by atoms with Gasteiger partial charge in [-0.1, -0.05) is 72.1 Å². The third-order valence-electron chi connectivity index (χ3n) is 3.84. The monoisotopic (exact) mass is 260 g/mol. The molecule has 0 aliphatic heterocycles. The Balaban J connectivity index is 3.37. The number of alkyl halides is 1. The summed E-state index contributed by atoms with van der Waals surface area (Å²) in [5.41, 5.74) is 0. The molecular formula is C16H33Cl. The van der Waals surface area contributed by atoms with E-state index in [0.717, 1.165) is 5.92 Å². The third-order valence-corrected chi connectivity index (χ3v) is 4.16. The highest BCUT2D eigenvalue weighted by Crippen LogP contribution is 2.26. The van der Waals surface area contributed by atoms with Crippen molar-refractivity contribution in [3.05, 3.63) is 0 Å². The second kappa shape index (κ2) is 11.4. The quantitative estimate of drug-likeness (QED) is 0.297. The molecule has 0 fully saturated rings. The van der Waals surface area contributed by atoms with Crippen molar-refractivity contribution in [3.8, 4) is 0 Å². The first-order valence-corrected chi connectivity index (χ1v) is 8.17. The van der Waals surface area contributed by atoms with Crippen molar-refractivity contribution in [1.29, 1.82) is 0 Å². The molecule has 0 rings (SSSR count). The number of rotatable bonds is 11. The van der Waals surface area contributed by atoms with Gasteiger partial charge >= 0.3 is 0 Å². The van der Waals surface area contributed by atoms with E-state index < -0.39 is 0 Å². The number of halogens is 1. The summed E-state index contributed by atoms with van der Waals surface area (Å²) in [6.45, 7) is 9.03. The molecule has 2 atom stereocenters. The van der Waals surface area contributed by atoms with Crippen LogP contribution in [-0.4, -0.2) is 5.38 Å². The molecule has 0 aliphatic carbocycles. The van der Waals surface area contributed by atoms with E-state index >= 15 is 0 Å². The van der Waals surface area contributed by atoms with Gasteiger partial charge in [-0.2, -0.15) is 0 Å². The van der Waals surface area contributed by atoms with Gasteiger partial charge in [0, 0.05) is 5.38 Å². The second-order valence-corrected chi connectivity index (χ2v) is 6.54. The van der Waals surface area contributed by atoms with Crippen LogP contribution in [-0.2, 0) is 0 Å². The lowest BCUT2D eigenvalue weighted by atomic mass is 9.87. The molecule has 0 aromatic heterocycles. The minimum atomic E-state index is 0.333. The summed E-state index contributed by atoms with van der Waals surface area (Å²) in [5.74, 6) is 1.43. The maximum absolute atomic E-state index is 6.24. The lowest BCUT2D eigenvalue weighted by molar-refractivity contribution is 0.340. The summed E-state index contributed by atoms with van der Waals surface area (Å²) < 4.78 is 0. The predicted molar refractivity (Wildman–Crippen MR) is 80.9 cm³/mol. The molecule has 0 bridgehead atoms. The minimum Gasteiger partial charge on any atom is -0.123 e. The van der Waals surface area contributed by atoms with Crippen LogP contribution in [0.2, 0.25) is 0 Å². The van der Waals surface area contributed by atoms with Crippen molar-refractivity contribution in [2.45, 2.75) is 90.9 Å². The van der Waals surface area contributed by atoms with Gasteiger partial charge in [-0.05, 0) is 25.2 Å². The zero-order valence-corrected chi connectivity index (χ0v) is 13.2. The van der Waals surface area contributed by atoms with Gasteiger partial charge in [-0.15, -0.1) is 11.6 Å². The van der Waals surface area contributed by atoms with E-state index in [9.17, 15) is 0 Å². The van der Waals surface area contributed by atoms with Crippen LogP contribution >= 0.6 is 11.6 Å². The maximum atomic E-state index is 6.24. The summed E-state index contributed by atoms with van der Waals surface area (Å²) >= 11 is 6.24. The second-order valence-electron chi connectivity index (χ2n) is 5.85. The van der Waals surface area contributed by atoms with Crippen molar-refractivity contribution in [3.63, 3.8) is 0 Å². The largest absolute Gasteiger partial charge is 0.123 e. The van der Waals surface area contributed by atoms with E-state index in [2.05, 4.69) is 27.7 Å². The summed E-state index contributed by atoms with van der Waals surface area (Å²) in [4.78, 5) is 0. The summed E-state index contributed by atoms with van der Waals surface area (Å²) in [6, 6.07) is 0. The molecule has 0 aromatic carbocycles. The molecule has 0 radical (unpaired) electrons. The molecule has 0 amide bonds. The summed E-state index contributed by atoms with van der Waals surface area (Å²) in [6.07, 6.45) is 12.6.